The Kier molecular flexibility index (Phi) is 3.53. The normalized spacial score (nSPS) is 12.6. The molecule has 6 heteroatoms. The first-order valence-corrected chi connectivity index (χ1v) is 5.85. The summed E-state index contributed by atoms with van der Waals surface area (Å²) in [5.41, 5.74) is 1.39. The first-order chi connectivity index (χ1) is 7.83. The van der Waals surface area contributed by atoms with Crippen molar-refractivity contribution in [2.45, 2.75) is 25.9 Å². The van der Waals surface area contributed by atoms with E-state index in [4.69, 9.17) is 0 Å². The third-order valence-corrected chi connectivity index (χ3v) is 3.00. The lowest BCUT2D eigenvalue weighted by Gasteiger charge is -2.07. The summed E-state index contributed by atoms with van der Waals surface area (Å²) in [7, 11) is 0. The van der Waals surface area contributed by atoms with Crippen LogP contribution in [0.5, 0.6) is 0 Å². The predicted octanol–water partition coefficient (Wildman–Crippen LogP) is 1.36. The molecule has 2 rings (SSSR count). The summed E-state index contributed by atoms with van der Waals surface area (Å²) >= 11 is 1.21. The number of nitrogens with zero attached hydrogens (tertiary/aromatic N) is 4. The van der Waals surface area contributed by atoms with Crippen LogP contribution in [0.1, 0.15) is 35.7 Å². The van der Waals surface area contributed by atoms with Gasteiger partial charge in [-0.3, -0.25) is 9.97 Å². The van der Waals surface area contributed by atoms with E-state index in [1.807, 2.05) is 0 Å². The monoisotopic (exact) mass is 236 g/mol. The van der Waals surface area contributed by atoms with E-state index in [1.165, 1.54) is 11.5 Å². The average Bonchev–Trinajstić information content (AvgIpc) is 2.78. The summed E-state index contributed by atoms with van der Waals surface area (Å²) in [6.07, 6.45) is 5.73. The van der Waals surface area contributed by atoms with E-state index in [2.05, 4.69) is 26.5 Å². The van der Waals surface area contributed by atoms with Crippen LogP contribution in [0.15, 0.2) is 18.6 Å². The SMILES string of the molecule is CCCc1nnsc1C(O)c1cnccn1. The van der Waals surface area contributed by atoms with Crippen molar-refractivity contribution >= 4 is 11.5 Å². The summed E-state index contributed by atoms with van der Waals surface area (Å²) in [5.74, 6) is 0. The number of aryl methyl sites for hydroxylation is 1. The van der Waals surface area contributed by atoms with E-state index in [-0.39, 0.29) is 0 Å². The van der Waals surface area contributed by atoms with Crippen molar-refractivity contribution in [2.24, 2.45) is 0 Å². The lowest BCUT2D eigenvalue weighted by Crippen LogP contribution is -2.03. The molecule has 5 nitrogen and oxygen atoms in total. The standard InChI is InChI=1S/C10H12N4OS/c1-2-3-7-10(16-14-13-7)9(15)8-6-11-4-5-12-8/h4-6,9,15H,2-3H2,1H3. The highest BCUT2D eigenvalue weighted by Gasteiger charge is 2.19. The van der Waals surface area contributed by atoms with Crippen molar-refractivity contribution in [1.82, 2.24) is 19.6 Å². The van der Waals surface area contributed by atoms with Gasteiger partial charge in [0.15, 0.2) is 0 Å². The molecule has 2 aromatic heterocycles. The van der Waals surface area contributed by atoms with Crippen LogP contribution in [-0.2, 0) is 6.42 Å². The Morgan fingerprint density at radius 1 is 1.44 bits per heavy atom. The maximum atomic E-state index is 10.1. The largest absolute Gasteiger partial charge is 0.381 e. The molecule has 0 aliphatic heterocycles. The Morgan fingerprint density at radius 2 is 2.31 bits per heavy atom. The summed E-state index contributed by atoms with van der Waals surface area (Å²) in [6, 6.07) is 0. The summed E-state index contributed by atoms with van der Waals surface area (Å²) in [5, 5.41) is 14.1. The summed E-state index contributed by atoms with van der Waals surface area (Å²) < 4.78 is 3.87. The molecule has 0 amide bonds. The molecule has 1 N–H and O–H groups in total. The van der Waals surface area contributed by atoms with Crippen LogP contribution >= 0.6 is 11.5 Å². The van der Waals surface area contributed by atoms with Gasteiger partial charge in [-0.15, -0.1) is 5.10 Å². The molecule has 0 aliphatic rings. The van der Waals surface area contributed by atoms with Gasteiger partial charge in [0.2, 0.25) is 0 Å². The first kappa shape index (κ1) is 11.1. The van der Waals surface area contributed by atoms with Gasteiger partial charge < -0.3 is 5.11 Å². The van der Waals surface area contributed by atoms with E-state index in [1.54, 1.807) is 18.6 Å². The highest BCUT2D eigenvalue weighted by molar-refractivity contribution is 7.05. The topological polar surface area (TPSA) is 71.8 Å². The zero-order chi connectivity index (χ0) is 11.4. The highest BCUT2D eigenvalue weighted by Crippen LogP contribution is 2.25. The van der Waals surface area contributed by atoms with Crippen LogP contribution in [0.3, 0.4) is 0 Å². The van der Waals surface area contributed by atoms with E-state index in [9.17, 15) is 5.11 Å². The minimum Gasteiger partial charge on any atom is -0.381 e. The molecule has 0 spiro atoms. The van der Waals surface area contributed by atoms with Crippen LogP contribution in [-0.4, -0.2) is 24.7 Å². The Bertz CT molecular complexity index is 445. The smallest absolute Gasteiger partial charge is 0.135 e. The van der Waals surface area contributed by atoms with Crippen molar-refractivity contribution in [3.8, 4) is 0 Å². The second-order valence-corrected chi connectivity index (χ2v) is 4.15. The van der Waals surface area contributed by atoms with Crippen molar-refractivity contribution in [3.63, 3.8) is 0 Å². The predicted molar refractivity (Wildman–Crippen MR) is 60.0 cm³/mol. The number of hydrogen-bond acceptors (Lipinski definition) is 6. The van der Waals surface area contributed by atoms with Gasteiger partial charge in [0, 0.05) is 12.4 Å². The van der Waals surface area contributed by atoms with Crippen LogP contribution < -0.4 is 0 Å². The lowest BCUT2D eigenvalue weighted by molar-refractivity contribution is 0.217. The molecule has 0 aromatic carbocycles. The number of aromatic nitrogens is 4. The van der Waals surface area contributed by atoms with Gasteiger partial charge >= 0.3 is 0 Å². The van der Waals surface area contributed by atoms with Crippen molar-refractivity contribution in [3.05, 3.63) is 34.9 Å². The molecule has 1 unspecified atom stereocenters. The van der Waals surface area contributed by atoms with Crippen molar-refractivity contribution in [1.29, 1.82) is 0 Å². The Morgan fingerprint density at radius 3 is 3.00 bits per heavy atom. The number of aliphatic hydroxyl groups excluding tert-OH is 1. The van der Waals surface area contributed by atoms with Gasteiger partial charge in [0.1, 0.15) is 6.10 Å². The fourth-order valence-electron chi connectivity index (χ4n) is 1.42. The number of hydrogen-bond donors (Lipinski definition) is 1. The van der Waals surface area contributed by atoms with Gasteiger partial charge in [-0.25, -0.2) is 0 Å². The zero-order valence-electron chi connectivity index (χ0n) is 8.87. The van der Waals surface area contributed by atoms with E-state index >= 15 is 0 Å². The van der Waals surface area contributed by atoms with Gasteiger partial charge in [-0.1, -0.05) is 17.8 Å². The van der Waals surface area contributed by atoms with Gasteiger partial charge in [0.25, 0.3) is 0 Å². The molecule has 0 radical (unpaired) electrons. The Balaban J connectivity index is 2.27. The van der Waals surface area contributed by atoms with E-state index in [0.717, 1.165) is 23.4 Å². The van der Waals surface area contributed by atoms with Crippen LogP contribution in [0.2, 0.25) is 0 Å². The van der Waals surface area contributed by atoms with E-state index in [0.29, 0.717) is 5.69 Å². The fraction of sp³-hybridized carbons (Fsp3) is 0.400. The van der Waals surface area contributed by atoms with Crippen LogP contribution in [0.25, 0.3) is 0 Å². The quantitative estimate of drug-likeness (QED) is 0.867. The third-order valence-electron chi connectivity index (χ3n) is 2.18. The van der Waals surface area contributed by atoms with Crippen LogP contribution in [0, 0.1) is 0 Å². The lowest BCUT2D eigenvalue weighted by atomic mass is 10.1. The molecule has 2 heterocycles. The fourth-order valence-corrected chi connectivity index (χ4v) is 2.12. The van der Waals surface area contributed by atoms with Crippen molar-refractivity contribution in [2.75, 3.05) is 0 Å². The first-order valence-electron chi connectivity index (χ1n) is 5.08. The molecule has 16 heavy (non-hydrogen) atoms. The molecule has 0 aliphatic carbocycles. The highest BCUT2D eigenvalue weighted by atomic mass is 32.1. The Hall–Kier alpha value is -1.40. The molecule has 1 atom stereocenters. The molecular weight excluding hydrogens is 224 g/mol. The minimum atomic E-state index is -0.768. The summed E-state index contributed by atoms with van der Waals surface area (Å²) in [6.45, 7) is 2.07. The maximum absolute atomic E-state index is 10.1. The second-order valence-electron chi connectivity index (χ2n) is 3.37. The van der Waals surface area contributed by atoms with E-state index < -0.39 is 6.10 Å². The van der Waals surface area contributed by atoms with Gasteiger partial charge in [0.05, 0.1) is 22.5 Å². The molecule has 84 valence electrons. The van der Waals surface area contributed by atoms with Gasteiger partial charge in [-0.05, 0) is 18.0 Å². The van der Waals surface area contributed by atoms with Gasteiger partial charge in [-0.2, -0.15) is 0 Å². The molecular formula is C10H12N4OS. The third kappa shape index (κ3) is 2.23. The number of rotatable bonds is 4. The summed E-state index contributed by atoms with van der Waals surface area (Å²) in [4.78, 5) is 8.77. The Labute approximate surface area is 97.4 Å². The van der Waals surface area contributed by atoms with Crippen LogP contribution in [0.4, 0.5) is 0 Å². The molecule has 2 aromatic rings. The minimum absolute atomic E-state index is 0.533. The number of aliphatic hydroxyl groups is 1. The molecule has 0 fully saturated rings. The maximum Gasteiger partial charge on any atom is 0.135 e. The zero-order valence-corrected chi connectivity index (χ0v) is 9.68. The second kappa shape index (κ2) is 5.09. The molecule has 0 bridgehead atoms. The molecule has 0 saturated heterocycles. The average molecular weight is 236 g/mol. The molecule has 0 saturated carbocycles. The van der Waals surface area contributed by atoms with Crippen molar-refractivity contribution < 1.29 is 5.11 Å².